The number of nitrogens with zero attached hydrogens (tertiary/aromatic N) is 2. The third-order valence-electron chi connectivity index (χ3n) is 4.69. The zero-order valence-electron chi connectivity index (χ0n) is 16.2. The standard InChI is InChI=1S/C21H23N3O4/c1-4-14-9-7-8-10-17(14)24-20(26)16(19(25)22-21(24)27)13-15-11-12-18(28-15)23(5-2)6-3/h7-13H,4-6H2,1-3H3,(H,22,25,27)/b16-13+. The minimum absolute atomic E-state index is 0.147. The molecule has 7 heteroatoms. The summed E-state index contributed by atoms with van der Waals surface area (Å²) in [6.07, 6.45) is 2.02. The smallest absolute Gasteiger partial charge is 0.335 e. The molecule has 2 aromatic rings. The lowest BCUT2D eigenvalue weighted by Crippen LogP contribution is -2.54. The highest BCUT2D eigenvalue weighted by atomic mass is 16.4. The van der Waals surface area contributed by atoms with Gasteiger partial charge in [-0.3, -0.25) is 14.9 Å². The Morgan fingerprint density at radius 1 is 1.04 bits per heavy atom. The fourth-order valence-electron chi connectivity index (χ4n) is 3.17. The van der Waals surface area contributed by atoms with E-state index in [-0.39, 0.29) is 5.57 Å². The maximum Gasteiger partial charge on any atom is 0.335 e. The maximum atomic E-state index is 13.0. The molecule has 1 aliphatic heterocycles. The van der Waals surface area contributed by atoms with E-state index in [4.69, 9.17) is 4.42 Å². The number of amides is 4. The second-order valence-electron chi connectivity index (χ2n) is 6.29. The second-order valence-corrected chi connectivity index (χ2v) is 6.29. The summed E-state index contributed by atoms with van der Waals surface area (Å²) in [5.74, 6) is -0.375. The van der Waals surface area contributed by atoms with E-state index in [2.05, 4.69) is 5.32 Å². The molecule has 0 bridgehead atoms. The molecule has 0 aliphatic carbocycles. The summed E-state index contributed by atoms with van der Waals surface area (Å²) >= 11 is 0. The van der Waals surface area contributed by atoms with Gasteiger partial charge in [-0.2, -0.15) is 0 Å². The highest BCUT2D eigenvalue weighted by Gasteiger charge is 2.37. The fraction of sp³-hybridized carbons (Fsp3) is 0.286. The molecule has 1 saturated heterocycles. The number of carbonyl (C=O) groups is 3. The van der Waals surface area contributed by atoms with Crippen molar-refractivity contribution in [2.45, 2.75) is 27.2 Å². The molecule has 0 atom stereocenters. The Kier molecular flexibility index (Phi) is 5.63. The van der Waals surface area contributed by atoms with Crippen molar-refractivity contribution in [2.75, 3.05) is 22.9 Å². The number of nitrogens with one attached hydrogen (secondary N) is 1. The quantitative estimate of drug-likeness (QED) is 0.613. The number of barbiturate groups is 1. The molecule has 28 heavy (non-hydrogen) atoms. The van der Waals surface area contributed by atoms with Crippen LogP contribution in [0.1, 0.15) is 32.1 Å². The summed E-state index contributed by atoms with van der Waals surface area (Å²) in [6.45, 7) is 7.50. The van der Waals surface area contributed by atoms with Crippen LogP contribution >= 0.6 is 0 Å². The normalized spacial score (nSPS) is 15.9. The average Bonchev–Trinajstić information content (AvgIpc) is 3.15. The SMILES string of the molecule is CCc1ccccc1N1C(=O)NC(=O)/C(=C\c2ccc(N(CC)CC)o2)C1=O. The van der Waals surface area contributed by atoms with E-state index in [0.29, 0.717) is 23.8 Å². The third kappa shape index (κ3) is 3.55. The number of carbonyl (C=O) groups excluding carboxylic acids is 3. The van der Waals surface area contributed by atoms with E-state index >= 15 is 0 Å². The van der Waals surface area contributed by atoms with Crippen LogP contribution in [-0.2, 0) is 16.0 Å². The van der Waals surface area contributed by atoms with Crippen molar-refractivity contribution >= 4 is 35.5 Å². The van der Waals surface area contributed by atoms with Crippen molar-refractivity contribution in [1.82, 2.24) is 5.32 Å². The van der Waals surface area contributed by atoms with E-state index < -0.39 is 17.8 Å². The molecule has 4 amide bonds. The number of aryl methyl sites for hydroxylation is 1. The number of imide groups is 2. The van der Waals surface area contributed by atoms with Crippen molar-refractivity contribution < 1.29 is 18.8 Å². The van der Waals surface area contributed by atoms with Gasteiger partial charge in [-0.1, -0.05) is 25.1 Å². The van der Waals surface area contributed by atoms with Crippen LogP contribution in [0.25, 0.3) is 6.08 Å². The van der Waals surface area contributed by atoms with Gasteiger partial charge in [0.05, 0.1) is 5.69 Å². The predicted molar refractivity (Wildman–Crippen MR) is 107 cm³/mol. The summed E-state index contributed by atoms with van der Waals surface area (Å²) in [6, 6.07) is 9.86. The Bertz CT molecular complexity index is 941. The monoisotopic (exact) mass is 381 g/mol. The minimum Gasteiger partial charge on any atom is -0.441 e. The number of hydrogen-bond donors (Lipinski definition) is 1. The Morgan fingerprint density at radius 3 is 2.43 bits per heavy atom. The second kappa shape index (κ2) is 8.12. The lowest BCUT2D eigenvalue weighted by Gasteiger charge is -2.27. The van der Waals surface area contributed by atoms with Crippen LogP contribution in [0.2, 0.25) is 0 Å². The van der Waals surface area contributed by atoms with E-state index in [9.17, 15) is 14.4 Å². The molecule has 1 fully saturated rings. The summed E-state index contributed by atoms with van der Waals surface area (Å²) < 4.78 is 5.75. The van der Waals surface area contributed by atoms with Crippen molar-refractivity contribution in [1.29, 1.82) is 0 Å². The number of para-hydroxylation sites is 1. The summed E-state index contributed by atoms with van der Waals surface area (Å²) in [4.78, 5) is 40.7. The van der Waals surface area contributed by atoms with Gasteiger partial charge in [0.1, 0.15) is 11.3 Å². The van der Waals surface area contributed by atoms with Crippen molar-refractivity contribution in [3.05, 3.63) is 53.3 Å². The Hall–Kier alpha value is -3.35. The molecule has 1 N–H and O–H groups in total. The van der Waals surface area contributed by atoms with Crippen molar-refractivity contribution in [2.24, 2.45) is 0 Å². The van der Waals surface area contributed by atoms with Gasteiger partial charge >= 0.3 is 6.03 Å². The van der Waals surface area contributed by atoms with Gasteiger partial charge in [-0.15, -0.1) is 0 Å². The molecule has 0 saturated carbocycles. The van der Waals surface area contributed by atoms with Gasteiger partial charge in [-0.25, -0.2) is 9.69 Å². The number of rotatable bonds is 6. The first kappa shape index (κ1) is 19.4. The first-order valence-corrected chi connectivity index (χ1v) is 9.34. The van der Waals surface area contributed by atoms with Crippen LogP contribution in [0.5, 0.6) is 0 Å². The summed E-state index contributed by atoms with van der Waals surface area (Å²) in [5, 5.41) is 2.24. The molecular weight excluding hydrogens is 358 g/mol. The highest BCUT2D eigenvalue weighted by molar-refractivity contribution is 6.39. The zero-order valence-corrected chi connectivity index (χ0v) is 16.2. The molecular formula is C21H23N3O4. The molecule has 0 unspecified atom stereocenters. The molecule has 2 heterocycles. The summed E-state index contributed by atoms with van der Waals surface area (Å²) in [7, 11) is 0. The summed E-state index contributed by atoms with van der Waals surface area (Å²) in [5.41, 5.74) is 1.15. The predicted octanol–water partition coefficient (Wildman–Crippen LogP) is 3.35. The third-order valence-corrected chi connectivity index (χ3v) is 4.69. The Labute approximate surface area is 163 Å². The highest BCUT2D eigenvalue weighted by Crippen LogP contribution is 2.27. The lowest BCUT2D eigenvalue weighted by atomic mass is 10.1. The lowest BCUT2D eigenvalue weighted by molar-refractivity contribution is -0.122. The van der Waals surface area contributed by atoms with E-state index in [1.807, 2.05) is 37.8 Å². The van der Waals surface area contributed by atoms with E-state index in [1.54, 1.807) is 24.3 Å². The van der Waals surface area contributed by atoms with Gasteiger partial charge in [0.25, 0.3) is 11.8 Å². The van der Waals surface area contributed by atoms with Crippen LogP contribution < -0.4 is 15.1 Å². The Balaban J connectivity index is 1.97. The Morgan fingerprint density at radius 2 is 1.75 bits per heavy atom. The van der Waals surface area contributed by atoms with Gasteiger partial charge in [-0.05, 0) is 44.0 Å². The number of benzene rings is 1. The van der Waals surface area contributed by atoms with Crippen LogP contribution in [0.15, 0.2) is 46.4 Å². The largest absolute Gasteiger partial charge is 0.441 e. The van der Waals surface area contributed by atoms with Gasteiger partial charge < -0.3 is 9.32 Å². The maximum absolute atomic E-state index is 13.0. The van der Waals surface area contributed by atoms with Crippen LogP contribution in [-0.4, -0.2) is 30.9 Å². The molecule has 3 rings (SSSR count). The molecule has 0 spiro atoms. The number of hydrogen-bond acceptors (Lipinski definition) is 5. The van der Waals surface area contributed by atoms with Gasteiger partial charge in [0, 0.05) is 19.2 Å². The first-order valence-electron chi connectivity index (χ1n) is 9.34. The molecule has 1 aliphatic rings. The van der Waals surface area contributed by atoms with Crippen molar-refractivity contribution in [3.8, 4) is 0 Å². The number of furan rings is 1. The first-order chi connectivity index (χ1) is 13.5. The fourth-order valence-corrected chi connectivity index (χ4v) is 3.17. The van der Waals surface area contributed by atoms with E-state index in [0.717, 1.165) is 23.6 Å². The molecule has 0 radical (unpaired) electrons. The molecule has 146 valence electrons. The number of anilines is 2. The topological polar surface area (TPSA) is 82.9 Å². The molecule has 1 aromatic heterocycles. The average molecular weight is 381 g/mol. The van der Waals surface area contributed by atoms with Gasteiger partial charge in [0.2, 0.25) is 0 Å². The van der Waals surface area contributed by atoms with Crippen LogP contribution in [0, 0.1) is 0 Å². The van der Waals surface area contributed by atoms with Crippen LogP contribution in [0.3, 0.4) is 0 Å². The van der Waals surface area contributed by atoms with Crippen LogP contribution in [0.4, 0.5) is 16.4 Å². The number of urea groups is 1. The molecule has 7 nitrogen and oxygen atoms in total. The zero-order chi connectivity index (χ0) is 20.3. The van der Waals surface area contributed by atoms with Gasteiger partial charge in [0.15, 0.2) is 5.88 Å². The molecule has 1 aromatic carbocycles. The van der Waals surface area contributed by atoms with E-state index in [1.165, 1.54) is 6.08 Å². The minimum atomic E-state index is -0.753. The van der Waals surface area contributed by atoms with Crippen molar-refractivity contribution in [3.63, 3.8) is 0 Å².